The Balaban J connectivity index is 1.87. The summed E-state index contributed by atoms with van der Waals surface area (Å²) in [6.45, 7) is 2.15. The number of anilines is 1. The van der Waals surface area contributed by atoms with Gasteiger partial charge < -0.3 is 4.90 Å². The quantitative estimate of drug-likeness (QED) is 0.702. The van der Waals surface area contributed by atoms with E-state index in [0.717, 1.165) is 40.5 Å². The van der Waals surface area contributed by atoms with Crippen molar-refractivity contribution in [3.63, 3.8) is 0 Å². The van der Waals surface area contributed by atoms with E-state index in [-0.39, 0.29) is 0 Å². The van der Waals surface area contributed by atoms with Gasteiger partial charge in [0, 0.05) is 24.2 Å². The molecule has 0 spiro atoms. The fraction of sp³-hybridized carbons (Fsp3) is 0.294. The van der Waals surface area contributed by atoms with Crippen LogP contribution in [-0.4, -0.2) is 34.6 Å². The number of hydrogen-bond acceptors (Lipinski definition) is 5. The molecular formula is C17H17N3S2. The monoisotopic (exact) mass is 327 g/mol. The highest BCUT2D eigenvalue weighted by atomic mass is 32.2. The van der Waals surface area contributed by atoms with Gasteiger partial charge in [0.05, 0.1) is 10.4 Å². The molecule has 1 aliphatic rings. The van der Waals surface area contributed by atoms with Crippen LogP contribution in [0.4, 0.5) is 5.82 Å². The molecule has 0 atom stereocenters. The van der Waals surface area contributed by atoms with Gasteiger partial charge in [0.25, 0.3) is 0 Å². The largest absolute Gasteiger partial charge is 0.355 e. The number of rotatable bonds is 2. The second-order valence-corrected chi connectivity index (χ2v) is 7.49. The molecule has 5 heteroatoms. The van der Waals surface area contributed by atoms with Crippen LogP contribution in [0, 0.1) is 0 Å². The van der Waals surface area contributed by atoms with Crippen LogP contribution in [0.2, 0.25) is 0 Å². The summed E-state index contributed by atoms with van der Waals surface area (Å²) in [5.74, 6) is 4.36. The molecule has 1 saturated heterocycles. The lowest BCUT2D eigenvalue weighted by molar-refractivity contribution is 0.805. The van der Waals surface area contributed by atoms with Crippen molar-refractivity contribution in [1.29, 1.82) is 0 Å². The molecule has 0 amide bonds. The molecule has 2 aromatic heterocycles. The van der Waals surface area contributed by atoms with Crippen LogP contribution in [0.25, 0.3) is 21.6 Å². The van der Waals surface area contributed by atoms with Gasteiger partial charge >= 0.3 is 0 Å². The summed E-state index contributed by atoms with van der Waals surface area (Å²) >= 11 is 3.73. The smallest absolute Gasteiger partial charge is 0.172 e. The summed E-state index contributed by atoms with van der Waals surface area (Å²) in [6, 6.07) is 12.5. The number of para-hydroxylation sites is 1. The first kappa shape index (κ1) is 14.0. The highest BCUT2D eigenvalue weighted by molar-refractivity contribution is 7.99. The third kappa shape index (κ3) is 2.71. The van der Waals surface area contributed by atoms with E-state index in [2.05, 4.69) is 46.7 Å². The summed E-state index contributed by atoms with van der Waals surface area (Å²) in [5, 5.41) is 3.24. The molecular weight excluding hydrogens is 310 g/mol. The molecule has 3 heterocycles. The first-order chi connectivity index (χ1) is 10.9. The Morgan fingerprint density at radius 1 is 0.955 bits per heavy atom. The summed E-state index contributed by atoms with van der Waals surface area (Å²) < 4.78 is 0. The zero-order valence-corrected chi connectivity index (χ0v) is 13.9. The van der Waals surface area contributed by atoms with E-state index >= 15 is 0 Å². The standard InChI is InChI=1S/C17H17N3S2/c1-2-6-14-13(5-1)17(20-8-4-10-21-12-9-20)19-16(18-14)15-7-3-11-22-15/h1-3,5-7,11H,4,8-10,12H2. The van der Waals surface area contributed by atoms with Crippen molar-refractivity contribution in [1.82, 2.24) is 9.97 Å². The predicted molar refractivity (Wildman–Crippen MR) is 97.0 cm³/mol. The third-order valence-corrected chi connectivity index (χ3v) is 5.76. The number of thioether (sulfide) groups is 1. The normalized spacial score (nSPS) is 15.9. The molecule has 3 aromatic rings. The van der Waals surface area contributed by atoms with Gasteiger partial charge in [-0.2, -0.15) is 11.8 Å². The van der Waals surface area contributed by atoms with Crippen LogP contribution >= 0.6 is 23.1 Å². The Morgan fingerprint density at radius 3 is 2.82 bits per heavy atom. The SMILES string of the molecule is c1csc(-c2nc(N3CCCSCC3)c3ccccc3n2)c1. The van der Waals surface area contributed by atoms with Crippen LogP contribution < -0.4 is 4.90 Å². The average molecular weight is 327 g/mol. The number of thiophene rings is 1. The average Bonchev–Trinajstić information content (AvgIpc) is 2.97. The molecule has 112 valence electrons. The van der Waals surface area contributed by atoms with Crippen LogP contribution in [-0.2, 0) is 0 Å². The van der Waals surface area contributed by atoms with Crippen LogP contribution in [0.3, 0.4) is 0 Å². The molecule has 0 bridgehead atoms. The van der Waals surface area contributed by atoms with Crippen molar-refractivity contribution in [2.24, 2.45) is 0 Å². The Morgan fingerprint density at radius 2 is 1.91 bits per heavy atom. The van der Waals surface area contributed by atoms with Crippen molar-refractivity contribution in [3.8, 4) is 10.7 Å². The maximum Gasteiger partial charge on any atom is 0.172 e. The fourth-order valence-electron chi connectivity index (χ4n) is 2.77. The van der Waals surface area contributed by atoms with Gasteiger partial charge in [0.15, 0.2) is 5.82 Å². The minimum atomic E-state index is 0.848. The lowest BCUT2D eigenvalue weighted by Gasteiger charge is -2.23. The third-order valence-electron chi connectivity index (χ3n) is 3.85. The van der Waals surface area contributed by atoms with Crippen LogP contribution in [0.5, 0.6) is 0 Å². The van der Waals surface area contributed by atoms with Crippen molar-refractivity contribution >= 4 is 39.8 Å². The minimum absolute atomic E-state index is 0.848. The van der Waals surface area contributed by atoms with Gasteiger partial charge in [-0.15, -0.1) is 11.3 Å². The van der Waals surface area contributed by atoms with E-state index in [1.165, 1.54) is 17.9 Å². The summed E-state index contributed by atoms with van der Waals surface area (Å²) in [6.07, 6.45) is 1.22. The van der Waals surface area contributed by atoms with Crippen molar-refractivity contribution in [2.75, 3.05) is 29.5 Å². The van der Waals surface area contributed by atoms with E-state index in [1.807, 2.05) is 11.8 Å². The van der Waals surface area contributed by atoms with E-state index < -0.39 is 0 Å². The number of hydrogen-bond donors (Lipinski definition) is 0. The molecule has 1 aromatic carbocycles. The van der Waals surface area contributed by atoms with Gasteiger partial charge in [0.2, 0.25) is 0 Å². The van der Waals surface area contributed by atoms with E-state index in [4.69, 9.17) is 9.97 Å². The topological polar surface area (TPSA) is 29.0 Å². The summed E-state index contributed by atoms with van der Waals surface area (Å²) in [4.78, 5) is 13.3. The van der Waals surface area contributed by atoms with Crippen molar-refractivity contribution in [3.05, 3.63) is 41.8 Å². The molecule has 1 fully saturated rings. The molecule has 22 heavy (non-hydrogen) atoms. The minimum Gasteiger partial charge on any atom is -0.355 e. The Hall–Kier alpha value is -1.59. The number of benzene rings is 1. The lowest BCUT2D eigenvalue weighted by atomic mass is 10.2. The van der Waals surface area contributed by atoms with Gasteiger partial charge in [-0.05, 0) is 35.8 Å². The second-order valence-electron chi connectivity index (χ2n) is 5.32. The van der Waals surface area contributed by atoms with Crippen LogP contribution in [0.15, 0.2) is 41.8 Å². The van der Waals surface area contributed by atoms with Gasteiger partial charge in [-0.3, -0.25) is 0 Å². The number of aromatic nitrogens is 2. The van der Waals surface area contributed by atoms with Gasteiger partial charge in [-0.25, -0.2) is 9.97 Å². The molecule has 1 aliphatic heterocycles. The molecule has 0 N–H and O–H groups in total. The highest BCUT2D eigenvalue weighted by Crippen LogP contribution is 2.30. The van der Waals surface area contributed by atoms with E-state index in [0.29, 0.717) is 0 Å². The first-order valence-electron chi connectivity index (χ1n) is 7.55. The Bertz CT molecular complexity index is 763. The Kier molecular flexibility index (Phi) is 3.99. The van der Waals surface area contributed by atoms with Gasteiger partial charge in [-0.1, -0.05) is 18.2 Å². The van der Waals surface area contributed by atoms with E-state index in [1.54, 1.807) is 11.3 Å². The first-order valence-corrected chi connectivity index (χ1v) is 9.58. The molecule has 0 radical (unpaired) electrons. The fourth-order valence-corrected chi connectivity index (χ4v) is 4.32. The lowest BCUT2D eigenvalue weighted by Crippen LogP contribution is -2.27. The molecule has 4 rings (SSSR count). The molecule has 0 aliphatic carbocycles. The number of nitrogens with zero attached hydrogens (tertiary/aromatic N) is 3. The zero-order valence-electron chi connectivity index (χ0n) is 12.2. The summed E-state index contributed by atoms with van der Waals surface area (Å²) in [7, 11) is 0. The predicted octanol–water partition coefficient (Wildman–Crippen LogP) is 4.30. The highest BCUT2D eigenvalue weighted by Gasteiger charge is 2.17. The molecule has 0 saturated carbocycles. The van der Waals surface area contributed by atoms with Crippen molar-refractivity contribution in [2.45, 2.75) is 6.42 Å². The molecule has 3 nitrogen and oxygen atoms in total. The van der Waals surface area contributed by atoms with E-state index in [9.17, 15) is 0 Å². The number of fused-ring (bicyclic) bond motifs is 1. The van der Waals surface area contributed by atoms with Crippen LogP contribution in [0.1, 0.15) is 6.42 Å². The molecule has 0 unspecified atom stereocenters. The van der Waals surface area contributed by atoms with Gasteiger partial charge in [0.1, 0.15) is 5.82 Å². The Labute approximate surface area is 138 Å². The second kappa shape index (κ2) is 6.26. The maximum absolute atomic E-state index is 4.92. The zero-order chi connectivity index (χ0) is 14.8. The maximum atomic E-state index is 4.92. The van der Waals surface area contributed by atoms with Crippen molar-refractivity contribution < 1.29 is 0 Å². The summed E-state index contributed by atoms with van der Waals surface area (Å²) in [5.41, 5.74) is 1.04.